The molecule has 1 rings (SSSR count). The van der Waals surface area contributed by atoms with Gasteiger partial charge in [0.2, 0.25) is 0 Å². The molecule has 0 aliphatic carbocycles. The van der Waals surface area contributed by atoms with Crippen LogP contribution >= 0.6 is 0 Å². The Morgan fingerprint density at radius 3 is 2.71 bits per heavy atom. The third-order valence-corrected chi connectivity index (χ3v) is 2.12. The topological polar surface area (TPSA) is 45.8 Å². The van der Waals surface area contributed by atoms with Crippen molar-refractivity contribution in [2.45, 2.75) is 46.0 Å². The maximum absolute atomic E-state index is 11.3. The second kappa shape index (κ2) is 5.58. The summed E-state index contributed by atoms with van der Waals surface area (Å²) in [6.07, 6.45) is 5.02. The summed E-state index contributed by atoms with van der Waals surface area (Å²) in [6.45, 7) is 4.22. The number of H-pyrrole nitrogens is 1. The first kappa shape index (κ1) is 11.0. The van der Waals surface area contributed by atoms with Crippen LogP contribution in [-0.4, -0.2) is 9.97 Å². The van der Waals surface area contributed by atoms with E-state index in [0.29, 0.717) is 0 Å². The van der Waals surface area contributed by atoms with Gasteiger partial charge >= 0.3 is 0 Å². The van der Waals surface area contributed by atoms with Crippen LogP contribution in [0.15, 0.2) is 10.9 Å². The largest absolute Gasteiger partial charge is 0.311 e. The monoisotopic (exact) mass is 194 g/mol. The van der Waals surface area contributed by atoms with E-state index in [0.717, 1.165) is 43.6 Å². The van der Waals surface area contributed by atoms with Crippen molar-refractivity contribution in [1.29, 1.82) is 0 Å². The van der Waals surface area contributed by atoms with Gasteiger partial charge < -0.3 is 4.98 Å². The smallest absolute Gasteiger partial charge is 0.251 e. The van der Waals surface area contributed by atoms with E-state index >= 15 is 0 Å². The lowest BCUT2D eigenvalue weighted by atomic mass is 10.2. The van der Waals surface area contributed by atoms with Crippen LogP contribution < -0.4 is 5.56 Å². The Bertz CT molecular complexity index is 330. The fraction of sp³-hybridized carbons (Fsp3) is 0.636. The van der Waals surface area contributed by atoms with Crippen LogP contribution in [0.5, 0.6) is 0 Å². The van der Waals surface area contributed by atoms with Crippen molar-refractivity contribution < 1.29 is 0 Å². The number of aryl methyl sites for hydroxylation is 2. The van der Waals surface area contributed by atoms with Gasteiger partial charge in [0, 0.05) is 18.2 Å². The van der Waals surface area contributed by atoms with Crippen molar-refractivity contribution >= 4 is 0 Å². The molecule has 14 heavy (non-hydrogen) atoms. The summed E-state index contributed by atoms with van der Waals surface area (Å²) < 4.78 is 0. The van der Waals surface area contributed by atoms with Gasteiger partial charge in [0.1, 0.15) is 5.82 Å². The third kappa shape index (κ3) is 3.32. The van der Waals surface area contributed by atoms with Crippen molar-refractivity contribution in [3.63, 3.8) is 0 Å². The molecule has 1 aromatic rings. The molecule has 1 N–H and O–H groups in total. The first-order valence-corrected chi connectivity index (χ1v) is 5.35. The maximum Gasteiger partial charge on any atom is 0.251 e. The number of nitrogens with zero attached hydrogens (tertiary/aromatic N) is 1. The van der Waals surface area contributed by atoms with E-state index in [1.54, 1.807) is 6.07 Å². The van der Waals surface area contributed by atoms with Crippen molar-refractivity contribution in [1.82, 2.24) is 9.97 Å². The standard InChI is InChI=1S/C11H18N2O/c1-3-5-7-9-8-11(14)13-10(12-9)6-4-2/h8H,3-7H2,1-2H3,(H,12,13,14). The summed E-state index contributed by atoms with van der Waals surface area (Å²) in [4.78, 5) is 18.4. The van der Waals surface area contributed by atoms with Crippen molar-refractivity contribution in [3.05, 3.63) is 27.9 Å². The molecule has 0 aromatic carbocycles. The van der Waals surface area contributed by atoms with Gasteiger partial charge in [-0.2, -0.15) is 0 Å². The average Bonchev–Trinajstić information content (AvgIpc) is 2.14. The van der Waals surface area contributed by atoms with Gasteiger partial charge in [-0.15, -0.1) is 0 Å². The van der Waals surface area contributed by atoms with Crippen LogP contribution in [0.1, 0.15) is 44.6 Å². The Morgan fingerprint density at radius 2 is 2.07 bits per heavy atom. The first-order valence-electron chi connectivity index (χ1n) is 5.35. The summed E-state index contributed by atoms with van der Waals surface area (Å²) in [5.41, 5.74) is 0.911. The van der Waals surface area contributed by atoms with Crippen LogP contribution in [0.3, 0.4) is 0 Å². The lowest BCUT2D eigenvalue weighted by Gasteiger charge is -2.02. The molecule has 0 bridgehead atoms. The van der Waals surface area contributed by atoms with Crippen LogP contribution in [0.25, 0.3) is 0 Å². The Hall–Kier alpha value is -1.12. The zero-order valence-corrected chi connectivity index (χ0v) is 8.97. The molecule has 1 aromatic heterocycles. The van der Waals surface area contributed by atoms with Crippen LogP contribution in [0, 0.1) is 0 Å². The van der Waals surface area contributed by atoms with Crippen LogP contribution in [0.4, 0.5) is 0 Å². The molecule has 0 fully saturated rings. The number of unbranched alkanes of at least 4 members (excludes halogenated alkanes) is 1. The number of aromatic nitrogens is 2. The first-order chi connectivity index (χ1) is 6.76. The van der Waals surface area contributed by atoms with Gasteiger partial charge in [-0.3, -0.25) is 4.79 Å². The normalized spacial score (nSPS) is 10.4. The van der Waals surface area contributed by atoms with E-state index < -0.39 is 0 Å². The molecular weight excluding hydrogens is 176 g/mol. The Labute approximate surface area is 84.6 Å². The summed E-state index contributed by atoms with van der Waals surface area (Å²) >= 11 is 0. The van der Waals surface area contributed by atoms with Gasteiger partial charge in [0.15, 0.2) is 0 Å². The second-order valence-corrected chi connectivity index (χ2v) is 3.54. The Balaban J connectivity index is 2.78. The fourth-order valence-electron chi connectivity index (χ4n) is 1.40. The highest BCUT2D eigenvalue weighted by Crippen LogP contribution is 2.00. The third-order valence-electron chi connectivity index (χ3n) is 2.12. The van der Waals surface area contributed by atoms with E-state index in [1.807, 2.05) is 0 Å². The van der Waals surface area contributed by atoms with E-state index in [1.165, 1.54) is 0 Å². The van der Waals surface area contributed by atoms with Gasteiger partial charge in [0.05, 0.1) is 0 Å². The fourth-order valence-corrected chi connectivity index (χ4v) is 1.40. The molecule has 0 atom stereocenters. The number of rotatable bonds is 5. The van der Waals surface area contributed by atoms with Gasteiger partial charge in [-0.25, -0.2) is 4.98 Å². The molecule has 0 amide bonds. The summed E-state index contributed by atoms with van der Waals surface area (Å²) in [5.74, 6) is 0.825. The van der Waals surface area contributed by atoms with Crippen LogP contribution in [-0.2, 0) is 12.8 Å². The predicted molar refractivity (Wildman–Crippen MR) is 57.5 cm³/mol. The molecular formula is C11H18N2O. The SMILES string of the molecule is CCCCc1cc(=O)[nH]c(CCC)n1. The average molecular weight is 194 g/mol. The molecule has 0 aliphatic rings. The molecule has 3 heteroatoms. The number of hydrogen-bond acceptors (Lipinski definition) is 2. The molecule has 3 nitrogen and oxygen atoms in total. The molecule has 1 heterocycles. The Morgan fingerprint density at radius 1 is 1.29 bits per heavy atom. The van der Waals surface area contributed by atoms with E-state index in [2.05, 4.69) is 23.8 Å². The Kier molecular flexibility index (Phi) is 4.36. The lowest BCUT2D eigenvalue weighted by Crippen LogP contribution is -2.12. The van der Waals surface area contributed by atoms with E-state index in [9.17, 15) is 4.79 Å². The molecule has 0 saturated carbocycles. The zero-order valence-electron chi connectivity index (χ0n) is 8.97. The number of nitrogens with one attached hydrogen (secondary N) is 1. The highest BCUT2D eigenvalue weighted by molar-refractivity contribution is 5.03. The van der Waals surface area contributed by atoms with Crippen molar-refractivity contribution in [2.24, 2.45) is 0 Å². The highest BCUT2D eigenvalue weighted by atomic mass is 16.1. The summed E-state index contributed by atoms with van der Waals surface area (Å²) in [6, 6.07) is 1.61. The quantitative estimate of drug-likeness (QED) is 0.779. The van der Waals surface area contributed by atoms with Crippen molar-refractivity contribution in [3.8, 4) is 0 Å². The number of hydrogen-bond donors (Lipinski definition) is 1. The summed E-state index contributed by atoms with van der Waals surface area (Å²) in [5, 5.41) is 0. The van der Waals surface area contributed by atoms with Crippen LogP contribution in [0.2, 0.25) is 0 Å². The van der Waals surface area contributed by atoms with Gasteiger partial charge in [0.25, 0.3) is 5.56 Å². The molecule has 78 valence electrons. The minimum absolute atomic E-state index is 0.0189. The second-order valence-electron chi connectivity index (χ2n) is 3.54. The predicted octanol–water partition coefficient (Wildman–Crippen LogP) is 2.06. The molecule has 0 radical (unpaired) electrons. The van der Waals surface area contributed by atoms with E-state index in [-0.39, 0.29) is 5.56 Å². The van der Waals surface area contributed by atoms with E-state index in [4.69, 9.17) is 0 Å². The highest BCUT2D eigenvalue weighted by Gasteiger charge is 1.99. The number of aromatic amines is 1. The lowest BCUT2D eigenvalue weighted by molar-refractivity contribution is 0.745. The van der Waals surface area contributed by atoms with Crippen molar-refractivity contribution in [2.75, 3.05) is 0 Å². The van der Waals surface area contributed by atoms with Gasteiger partial charge in [-0.1, -0.05) is 20.3 Å². The zero-order chi connectivity index (χ0) is 10.4. The minimum Gasteiger partial charge on any atom is -0.311 e. The summed E-state index contributed by atoms with van der Waals surface area (Å²) in [7, 11) is 0. The molecule has 0 aliphatic heterocycles. The molecule has 0 spiro atoms. The molecule has 0 unspecified atom stereocenters. The minimum atomic E-state index is -0.0189. The maximum atomic E-state index is 11.3. The van der Waals surface area contributed by atoms with Gasteiger partial charge in [-0.05, 0) is 19.3 Å². The molecule has 0 saturated heterocycles.